The number of nitrogens with one attached hydrogen (secondary N) is 1. The Balaban J connectivity index is 2.11. The molecule has 5 heteroatoms. The van der Waals surface area contributed by atoms with Crippen molar-refractivity contribution in [1.82, 2.24) is 4.98 Å². The summed E-state index contributed by atoms with van der Waals surface area (Å²) in [6.07, 6.45) is 1.63. The average Bonchev–Trinajstić information content (AvgIpc) is 2.42. The van der Waals surface area contributed by atoms with Gasteiger partial charge in [0.15, 0.2) is 0 Å². The first-order valence-electron chi connectivity index (χ1n) is 6.31. The van der Waals surface area contributed by atoms with Crippen molar-refractivity contribution in [3.8, 4) is 0 Å². The third kappa shape index (κ3) is 2.67. The molecule has 3 rings (SSSR count). The van der Waals surface area contributed by atoms with Gasteiger partial charge in [0.05, 0.1) is 5.52 Å². The third-order valence-corrected chi connectivity index (χ3v) is 3.65. The van der Waals surface area contributed by atoms with Gasteiger partial charge in [0.25, 0.3) is 0 Å². The molecule has 21 heavy (non-hydrogen) atoms. The Morgan fingerprint density at radius 1 is 1.05 bits per heavy atom. The van der Waals surface area contributed by atoms with E-state index in [0.717, 1.165) is 22.5 Å². The maximum atomic E-state index is 13.3. The number of aryl methyl sites for hydroxylation is 1. The van der Waals surface area contributed by atoms with Crippen molar-refractivity contribution in [3.63, 3.8) is 0 Å². The number of aromatic nitrogens is 1. The lowest BCUT2D eigenvalue weighted by atomic mass is 10.1. The second-order valence-corrected chi connectivity index (χ2v) is 5.12. The molecule has 0 aliphatic heterocycles. The monoisotopic (exact) mass is 304 g/mol. The molecule has 1 heterocycles. The second kappa shape index (κ2) is 5.30. The molecule has 1 aromatic heterocycles. The summed E-state index contributed by atoms with van der Waals surface area (Å²) in [5.41, 5.74) is 2.67. The molecular formula is C16H11ClF2N2. The van der Waals surface area contributed by atoms with Crippen LogP contribution in [0.4, 0.5) is 20.2 Å². The molecule has 0 spiro atoms. The van der Waals surface area contributed by atoms with Gasteiger partial charge < -0.3 is 5.32 Å². The van der Waals surface area contributed by atoms with Crippen LogP contribution in [-0.4, -0.2) is 4.98 Å². The van der Waals surface area contributed by atoms with Gasteiger partial charge >= 0.3 is 0 Å². The van der Waals surface area contributed by atoms with Crippen molar-refractivity contribution in [3.05, 3.63) is 64.8 Å². The van der Waals surface area contributed by atoms with Crippen LogP contribution in [0.2, 0.25) is 5.02 Å². The Bertz CT molecular complexity index is 814. The molecule has 2 aromatic carbocycles. The van der Waals surface area contributed by atoms with E-state index in [4.69, 9.17) is 11.6 Å². The first-order valence-corrected chi connectivity index (χ1v) is 6.69. The van der Waals surface area contributed by atoms with Crippen molar-refractivity contribution in [2.24, 2.45) is 0 Å². The van der Waals surface area contributed by atoms with Gasteiger partial charge in [0.1, 0.15) is 11.6 Å². The highest BCUT2D eigenvalue weighted by Crippen LogP contribution is 2.30. The van der Waals surface area contributed by atoms with E-state index in [1.165, 1.54) is 12.1 Å². The third-order valence-electron chi connectivity index (χ3n) is 3.24. The first-order chi connectivity index (χ1) is 10.0. The molecule has 0 aliphatic rings. The smallest absolute Gasteiger partial charge is 0.128 e. The Morgan fingerprint density at radius 3 is 2.48 bits per heavy atom. The van der Waals surface area contributed by atoms with E-state index in [1.54, 1.807) is 18.3 Å². The molecule has 0 fully saturated rings. The van der Waals surface area contributed by atoms with E-state index in [0.29, 0.717) is 16.4 Å². The van der Waals surface area contributed by atoms with Gasteiger partial charge in [-0.15, -0.1) is 0 Å². The summed E-state index contributed by atoms with van der Waals surface area (Å²) in [6, 6.07) is 8.66. The number of nitrogens with zero attached hydrogens (tertiary/aromatic N) is 1. The summed E-state index contributed by atoms with van der Waals surface area (Å²) in [7, 11) is 0. The summed E-state index contributed by atoms with van der Waals surface area (Å²) in [5, 5.41) is 4.48. The topological polar surface area (TPSA) is 24.9 Å². The molecule has 0 amide bonds. The van der Waals surface area contributed by atoms with Gasteiger partial charge in [-0.3, -0.25) is 4.98 Å². The minimum atomic E-state index is -0.630. The average molecular weight is 305 g/mol. The molecule has 0 unspecified atom stereocenters. The fourth-order valence-electron chi connectivity index (χ4n) is 2.23. The molecule has 0 saturated carbocycles. The van der Waals surface area contributed by atoms with Crippen molar-refractivity contribution in [2.45, 2.75) is 6.92 Å². The zero-order chi connectivity index (χ0) is 15.0. The number of pyridine rings is 1. The number of halogens is 3. The van der Waals surface area contributed by atoms with Gasteiger partial charge in [0, 0.05) is 34.0 Å². The minimum absolute atomic E-state index is 0.340. The predicted octanol–water partition coefficient (Wildman–Crippen LogP) is 5.22. The van der Waals surface area contributed by atoms with Crippen LogP contribution in [-0.2, 0) is 0 Å². The molecule has 1 N–H and O–H groups in total. The van der Waals surface area contributed by atoms with Crippen LogP contribution < -0.4 is 5.32 Å². The van der Waals surface area contributed by atoms with Crippen LogP contribution >= 0.6 is 11.6 Å². The fourth-order valence-corrected chi connectivity index (χ4v) is 2.38. The number of anilines is 2. The highest BCUT2D eigenvalue weighted by atomic mass is 35.5. The van der Waals surface area contributed by atoms with Gasteiger partial charge in [-0.05, 0) is 42.8 Å². The van der Waals surface area contributed by atoms with Crippen LogP contribution in [0, 0.1) is 18.6 Å². The second-order valence-electron chi connectivity index (χ2n) is 4.71. The Hall–Kier alpha value is -2.20. The van der Waals surface area contributed by atoms with Crippen LogP contribution in [0.25, 0.3) is 10.9 Å². The Morgan fingerprint density at radius 2 is 1.76 bits per heavy atom. The van der Waals surface area contributed by atoms with Crippen LogP contribution in [0.5, 0.6) is 0 Å². The lowest BCUT2D eigenvalue weighted by Crippen LogP contribution is -1.95. The molecule has 2 nitrogen and oxygen atoms in total. The first kappa shape index (κ1) is 13.8. The van der Waals surface area contributed by atoms with Gasteiger partial charge in [-0.2, -0.15) is 0 Å². The number of hydrogen-bond acceptors (Lipinski definition) is 2. The fraction of sp³-hybridized carbons (Fsp3) is 0.0625. The van der Waals surface area contributed by atoms with E-state index in [2.05, 4.69) is 10.3 Å². The van der Waals surface area contributed by atoms with Crippen LogP contribution in [0.15, 0.2) is 42.6 Å². The number of fused-ring (bicyclic) bond motifs is 1. The number of rotatable bonds is 2. The van der Waals surface area contributed by atoms with Gasteiger partial charge in [0.2, 0.25) is 0 Å². The molecule has 0 bridgehead atoms. The van der Waals surface area contributed by atoms with Gasteiger partial charge in [-0.25, -0.2) is 8.78 Å². The van der Waals surface area contributed by atoms with Crippen LogP contribution in [0.1, 0.15) is 5.56 Å². The molecule has 0 aliphatic carbocycles. The highest BCUT2D eigenvalue weighted by molar-refractivity contribution is 6.32. The van der Waals surface area contributed by atoms with Crippen molar-refractivity contribution < 1.29 is 8.78 Å². The summed E-state index contributed by atoms with van der Waals surface area (Å²) in [6.45, 7) is 1.88. The summed E-state index contributed by atoms with van der Waals surface area (Å²) < 4.78 is 26.5. The lowest BCUT2D eigenvalue weighted by Gasteiger charge is -2.11. The normalized spacial score (nSPS) is 10.9. The van der Waals surface area contributed by atoms with E-state index < -0.39 is 11.6 Å². The zero-order valence-electron chi connectivity index (χ0n) is 11.1. The Labute approximate surface area is 125 Å². The summed E-state index contributed by atoms with van der Waals surface area (Å²) in [4.78, 5) is 4.31. The van der Waals surface area contributed by atoms with Crippen molar-refractivity contribution >= 4 is 33.9 Å². The molecular weight excluding hydrogens is 294 g/mol. The van der Waals surface area contributed by atoms with Gasteiger partial charge in [-0.1, -0.05) is 11.6 Å². The number of benzene rings is 2. The van der Waals surface area contributed by atoms with Crippen molar-refractivity contribution in [2.75, 3.05) is 5.32 Å². The molecule has 3 aromatic rings. The minimum Gasteiger partial charge on any atom is -0.355 e. The standard InChI is InChI=1S/C16H11ClF2N2/c1-9-14(17)3-2-13-15(4-5-20-16(9)13)21-12-7-10(18)6-11(19)8-12/h2-8H,1H3,(H,20,21). The highest BCUT2D eigenvalue weighted by Gasteiger charge is 2.08. The summed E-state index contributed by atoms with van der Waals surface area (Å²) >= 11 is 6.08. The lowest BCUT2D eigenvalue weighted by molar-refractivity contribution is 0.584. The van der Waals surface area contributed by atoms with Crippen LogP contribution in [0.3, 0.4) is 0 Å². The van der Waals surface area contributed by atoms with E-state index in [1.807, 2.05) is 13.0 Å². The molecule has 0 radical (unpaired) electrons. The maximum Gasteiger partial charge on any atom is 0.128 e. The SMILES string of the molecule is Cc1c(Cl)ccc2c(Nc3cc(F)cc(F)c3)ccnc12. The summed E-state index contributed by atoms with van der Waals surface area (Å²) in [5.74, 6) is -1.26. The quantitative estimate of drug-likeness (QED) is 0.702. The predicted molar refractivity (Wildman–Crippen MR) is 81.1 cm³/mol. The largest absolute Gasteiger partial charge is 0.355 e. The number of hydrogen-bond donors (Lipinski definition) is 1. The van der Waals surface area contributed by atoms with E-state index in [-0.39, 0.29) is 0 Å². The van der Waals surface area contributed by atoms with Crippen molar-refractivity contribution in [1.29, 1.82) is 0 Å². The Kier molecular flexibility index (Phi) is 3.47. The zero-order valence-corrected chi connectivity index (χ0v) is 11.9. The molecule has 106 valence electrons. The van der Waals surface area contributed by atoms with E-state index in [9.17, 15) is 8.78 Å². The van der Waals surface area contributed by atoms with E-state index >= 15 is 0 Å². The maximum absolute atomic E-state index is 13.3. The molecule has 0 saturated heterocycles. The molecule has 0 atom stereocenters.